The topological polar surface area (TPSA) is 57.5 Å². The first kappa shape index (κ1) is 27.6. The maximum Gasteiger partial charge on any atom is 0.159 e. The van der Waals surface area contributed by atoms with Crippen molar-refractivity contribution in [2.24, 2.45) is 65.1 Å². The first-order valence-corrected chi connectivity index (χ1v) is 16.7. The predicted octanol–water partition coefficient (Wildman–Crippen LogP) is 6.72. The highest BCUT2D eigenvalue weighted by Gasteiger charge is 2.55. The number of hydrogen-bond donors (Lipinski definition) is 2. The number of fused-ring (bicyclic) bond motifs is 10. The maximum absolute atomic E-state index is 12.5. The predicted molar refractivity (Wildman–Crippen MR) is 152 cm³/mol. The highest BCUT2D eigenvalue weighted by molar-refractivity contribution is 5.94. The van der Waals surface area contributed by atoms with Crippen molar-refractivity contribution in [1.82, 2.24) is 0 Å². The van der Waals surface area contributed by atoms with E-state index in [0.29, 0.717) is 23.5 Å². The van der Waals surface area contributed by atoms with Gasteiger partial charge >= 0.3 is 0 Å². The Morgan fingerprint density at radius 1 is 0.553 bits per heavy atom. The molecule has 8 aliphatic carbocycles. The third kappa shape index (κ3) is 4.60. The Morgan fingerprint density at radius 3 is 1.97 bits per heavy atom. The van der Waals surface area contributed by atoms with E-state index >= 15 is 0 Å². The van der Waals surface area contributed by atoms with Gasteiger partial charge in [0, 0.05) is 14.3 Å². The van der Waals surface area contributed by atoms with Crippen LogP contribution in [0.25, 0.3) is 0 Å². The Balaban J connectivity index is 0.000000136. The summed E-state index contributed by atoms with van der Waals surface area (Å²) in [4.78, 5) is 12.5. The molecule has 4 heteroatoms. The quantitative estimate of drug-likeness (QED) is 0.350. The zero-order valence-corrected chi connectivity index (χ0v) is 23.7. The molecule has 2 N–H and O–H groups in total. The van der Waals surface area contributed by atoms with Crippen molar-refractivity contribution in [1.29, 1.82) is 0 Å². The van der Waals surface area contributed by atoms with Crippen molar-refractivity contribution in [3.8, 4) is 0 Å². The van der Waals surface area contributed by atoms with Gasteiger partial charge in [-0.15, -0.1) is 0 Å². The van der Waals surface area contributed by atoms with Crippen LogP contribution in [0.5, 0.6) is 0 Å². The van der Waals surface area contributed by atoms with Gasteiger partial charge in [0.1, 0.15) is 0 Å². The molecule has 0 aromatic heterocycles. The lowest BCUT2D eigenvalue weighted by molar-refractivity contribution is -0.167. The molecule has 7 saturated carbocycles. The standard InChI is InChI=1S/C17H28O2.C17H24O.B/c18-16-14-6-2-1-5-12(14)13-9-8-10-4-3-7-11(10)15(13)17(16)19;18-16-10-12-4-1-2-6-13(12)15-9-8-11-5-3-7-14(11)17(15)16;/h10-19H,1-9H2;10-11,13-15,17H,1-9H2;/t10?,11?,12?,13?,14?,15?,16-,17-;;/m1../s1. The van der Waals surface area contributed by atoms with Gasteiger partial charge in [-0.2, -0.15) is 0 Å². The molecule has 0 bridgehead atoms. The molecule has 13 atom stereocenters. The summed E-state index contributed by atoms with van der Waals surface area (Å²) >= 11 is 0. The fraction of sp³-hybridized carbons (Fsp3) is 0.912. The van der Waals surface area contributed by atoms with Crippen LogP contribution < -0.4 is 0 Å². The van der Waals surface area contributed by atoms with E-state index in [9.17, 15) is 15.0 Å². The van der Waals surface area contributed by atoms with Gasteiger partial charge in [-0.25, -0.2) is 0 Å². The fourth-order valence-corrected chi connectivity index (χ4v) is 12.2. The first-order valence-electron chi connectivity index (χ1n) is 16.7. The molecule has 38 heavy (non-hydrogen) atoms. The van der Waals surface area contributed by atoms with Crippen molar-refractivity contribution in [3.63, 3.8) is 0 Å². The molecule has 0 aromatic carbocycles. The SMILES string of the molecule is O=C1C=C2CCCCC2C2CCC3CCCC3C12.O[C@@H]1C2CCCCC2C2CCC3CCCC3C2[C@H]1O.[B]. The molecule has 0 saturated heterocycles. The molecule has 11 unspecified atom stereocenters. The van der Waals surface area contributed by atoms with E-state index in [1.807, 2.05) is 0 Å². The monoisotopic (exact) mass is 519 g/mol. The second-order valence-electron chi connectivity index (χ2n) is 14.9. The fourth-order valence-electron chi connectivity index (χ4n) is 12.2. The lowest BCUT2D eigenvalue weighted by atomic mass is 9.52. The molecular weight excluding hydrogens is 467 g/mol. The minimum Gasteiger partial charge on any atom is -0.390 e. The number of carbonyl (C=O) groups excluding carboxylic acids is 1. The number of hydrogen-bond acceptors (Lipinski definition) is 3. The van der Waals surface area contributed by atoms with E-state index < -0.39 is 12.2 Å². The van der Waals surface area contributed by atoms with Crippen LogP contribution in [0.4, 0.5) is 0 Å². The Bertz CT molecular complexity index is 885. The molecule has 0 aromatic rings. The molecule has 209 valence electrons. The zero-order valence-electron chi connectivity index (χ0n) is 23.7. The van der Waals surface area contributed by atoms with Crippen LogP contribution in [-0.2, 0) is 4.79 Å². The average Bonchev–Trinajstić information content (AvgIpc) is 3.61. The van der Waals surface area contributed by atoms with Crippen molar-refractivity contribution in [2.45, 2.75) is 128 Å². The number of allylic oxidation sites excluding steroid dienone is 2. The number of aliphatic hydroxyl groups is 2. The van der Waals surface area contributed by atoms with E-state index in [-0.39, 0.29) is 8.41 Å². The molecular formula is C34H52BO3. The van der Waals surface area contributed by atoms with Crippen LogP contribution in [-0.4, -0.2) is 36.6 Å². The Labute approximate surface area is 233 Å². The smallest absolute Gasteiger partial charge is 0.159 e. The molecule has 3 radical (unpaired) electrons. The molecule has 0 aliphatic heterocycles. The molecule has 0 heterocycles. The first-order chi connectivity index (χ1) is 18.1. The molecule has 0 spiro atoms. The lowest BCUT2D eigenvalue weighted by Crippen LogP contribution is -2.57. The van der Waals surface area contributed by atoms with E-state index in [0.717, 1.165) is 53.8 Å². The van der Waals surface area contributed by atoms with Gasteiger partial charge in [0.25, 0.3) is 0 Å². The van der Waals surface area contributed by atoms with Gasteiger partial charge in [0.15, 0.2) is 5.78 Å². The third-order valence-corrected chi connectivity index (χ3v) is 13.6. The van der Waals surface area contributed by atoms with Crippen molar-refractivity contribution in [2.75, 3.05) is 0 Å². The van der Waals surface area contributed by atoms with Crippen LogP contribution in [0.3, 0.4) is 0 Å². The van der Waals surface area contributed by atoms with Crippen molar-refractivity contribution < 1.29 is 15.0 Å². The van der Waals surface area contributed by atoms with Crippen molar-refractivity contribution in [3.05, 3.63) is 11.6 Å². The number of rotatable bonds is 0. The summed E-state index contributed by atoms with van der Waals surface area (Å²) in [6.45, 7) is 0. The Hall–Kier alpha value is -0.605. The largest absolute Gasteiger partial charge is 0.390 e. The molecule has 0 amide bonds. The number of carbonyl (C=O) groups is 1. The summed E-state index contributed by atoms with van der Waals surface area (Å²) in [5.74, 6) is 8.00. The van der Waals surface area contributed by atoms with Gasteiger partial charge < -0.3 is 10.2 Å². The zero-order chi connectivity index (χ0) is 25.1. The Kier molecular flexibility index (Phi) is 8.23. The second-order valence-corrected chi connectivity index (χ2v) is 14.9. The minimum absolute atomic E-state index is 0. The van der Waals surface area contributed by atoms with E-state index in [1.54, 1.807) is 0 Å². The molecule has 8 aliphatic rings. The minimum atomic E-state index is -0.425. The van der Waals surface area contributed by atoms with Crippen LogP contribution in [0.1, 0.15) is 116 Å². The normalized spacial score (nSPS) is 50.8. The molecule has 3 nitrogen and oxygen atoms in total. The van der Waals surface area contributed by atoms with Crippen LogP contribution >= 0.6 is 0 Å². The van der Waals surface area contributed by atoms with Crippen molar-refractivity contribution >= 4 is 14.2 Å². The van der Waals surface area contributed by atoms with Gasteiger partial charge in [-0.1, -0.05) is 50.5 Å². The summed E-state index contributed by atoms with van der Waals surface area (Å²) in [5, 5.41) is 21.3. The van der Waals surface area contributed by atoms with Gasteiger partial charge in [-0.3, -0.25) is 4.79 Å². The molecule has 8 rings (SSSR count). The van der Waals surface area contributed by atoms with E-state index in [4.69, 9.17) is 0 Å². The number of ketones is 1. The third-order valence-electron chi connectivity index (χ3n) is 13.6. The van der Waals surface area contributed by atoms with Gasteiger partial charge in [-0.05, 0) is 136 Å². The van der Waals surface area contributed by atoms with E-state index in [2.05, 4.69) is 6.08 Å². The van der Waals surface area contributed by atoms with Gasteiger partial charge in [0.2, 0.25) is 0 Å². The summed E-state index contributed by atoms with van der Waals surface area (Å²) in [5.41, 5.74) is 1.53. The van der Waals surface area contributed by atoms with Crippen LogP contribution in [0, 0.1) is 65.1 Å². The summed E-state index contributed by atoms with van der Waals surface area (Å²) < 4.78 is 0. The second kappa shape index (κ2) is 11.3. The summed E-state index contributed by atoms with van der Waals surface area (Å²) in [6.07, 6.45) is 25.3. The summed E-state index contributed by atoms with van der Waals surface area (Å²) in [7, 11) is 0. The average molecular weight is 520 g/mol. The number of aliphatic hydroxyl groups excluding tert-OH is 2. The maximum atomic E-state index is 12.5. The van der Waals surface area contributed by atoms with E-state index in [1.165, 1.54) is 115 Å². The van der Waals surface area contributed by atoms with Gasteiger partial charge in [0.05, 0.1) is 12.2 Å². The lowest BCUT2D eigenvalue weighted by Gasteiger charge is -2.55. The molecule has 7 fully saturated rings. The van der Waals surface area contributed by atoms with Crippen LogP contribution in [0.2, 0.25) is 0 Å². The Morgan fingerprint density at radius 2 is 1.18 bits per heavy atom. The highest BCUT2D eigenvalue weighted by Crippen LogP contribution is 2.58. The highest BCUT2D eigenvalue weighted by atomic mass is 16.3. The summed E-state index contributed by atoms with van der Waals surface area (Å²) in [6, 6.07) is 0. The van der Waals surface area contributed by atoms with Crippen LogP contribution in [0.15, 0.2) is 11.6 Å².